The zero-order valence-electron chi connectivity index (χ0n) is 11.5. The van der Waals surface area contributed by atoms with Gasteiger partial charge in [0.25, 0.3) is 0 Å². The molecule has 0 aliphatic heterocycles. The van der Waals surface area contributed by atoms with Crippen molar-refractivity contribution in [1.82, 2.24) is 19.9 Å². The smallest absolute Gasteiger partial charge is 0.319 e. The van der Waals surface area contributed by atoms with Crippen LogP contribution in [-0.2, 0) is 6.42 Å². The second kappa shape index (κ2) is 7.10. The normalized spacial score (nSPS) is 10.4. The van der Waals surface area contributed by atoms with Gasteiger partial charge in [-0.3, -0.25) is 0 Å². The van der Waals surface area contributed by atoms with Gasteiger partial charge in [-0.15, -0.1) is 16.4 Å². The minimum absolute atomic E-state index is 0.224. The first-order valence-corrected chi connectivity index (χ1v) is 8.38. The Hall–Kier alpha value is -2.32. The van der Waals surface area contributed by atoms with Crippen molar-refractivity contribution >= 4 is 34.6 Å². The van der Waals surface area contributed by atoms with E-state index in [4.69, 9.17) is 0 Å². The highest BCUT2D eigenvalue weighted by molar-refractivity contribution is 7.07. The van der Waals surface area contributed by atoms with Crippen molar-refractivity contribution in [2.75, 3.05) is 11.9 Å². The number of hydrogen-bond acceptors (Lipinski definition) is 6. The number of benzene rings is 1. The van der Waals surface area contributed by atoms with E-state index in [9.17, 15) is 4.79 Å². The largest absolute Gasteiger partial charge is 0.337 e. The number of hydrogen-bond donors (Lipinski definition) is 2. The topological polar surface area (TPSA) is 79.8 Å². The molecule has 0 saturated heterocycles. The van der Waals surface area contributed by atoms with E-state index in [1.165, 1.54) is 11.5 Å². The third-order valence-electron chi connectivity index (χ3n) is 2.95. The number of aromatic nitrogens is 3. The molecular formula is C14H13N5OS2. The van der Waals surface area contributed by atoms with Crippen LogP contribution in [0.2, 0.25) is 0 Å². The predicted molar refractivity (Wildman–Crippen MR) is 88.2 cm³/mol. The van der Waals surface area contributed by atoms with Gasteiger partial charge < -0.3 is 10.6 Å². The molecule has 0 saturated carbocycles. The van der Waals surface area contributed by atoms with Gasteiger partial charge in [-0.1, -0.05) is 16.6 Å². The van der Waals surface area contributed by atoms with Crippen LogP contribution < -0.4 is 10.6 Å². The van der Waals surface area contributed by atoms with Gasteiger partial charge in [-0.2, -0.15) is 0 Å². The molecule has 0 spiro atoms. The van der Waals surface area contributed by atoms with E-state index < -0.39 is 0 Å². The molecule has 22 heavy (non-hydrogen) atoms. The maximum Gasteiger partial charge on any atom is 0.319 e. The molecule has 1 aromatic carbocycles. The van der Waals surface area contributed by atoms with Crippen LogP contribution in [0.1, 0.15) is 5.69 Å². The fourth-order valence-corrected chi connectivity index (χ4v) is 2.91. The third-order valence-corrected chi connectivity index (χ3v) is 4.09. The summed E-state index contributed by atoms with van der Waals surface area (Å²) in [6.07, 6.45) is 0.729. The highest BCUT2D eigenvalue weighted by Crippen LogP contribution is 2.19. The lowest BCUT2D eigenvalue weighted by atomic mass is 10.1. The Bertz CT molecular complexity index is 710. The van der Waals surface area contributed by atoms with E-state index in [1.54, 1.807) is 16.8 Å². The Balaban J connectivity index is 1.49. The summed E-state index contributed by atoms with van der Waals surface area (Å²) in [7, 11) is 0. The van der Waals surface area contributed by atoms with Crippen LogP contribution in [0.25, 0.3) is 11.3 Å². The van der Waals surface area contributed by atoms with Crippen LogP contribution >= 0.6 is 22.9 Å². The maximum absolute atomic E-state index is 11.8. The number of urea groups is 1. The van der Waals surface area contributed by atoms with Gasteiger partial charge in [-0.25, -0.2) is 9.78 Å². The van der Waals surface area contributed by atoms with Crippen molar-refractivity contribution in [3.05, 3.63) is 46.2 Å². The lowest BCUT2D eigenvalue weighted by Gasteiger charge is -2.07. The number of carbonyl (C=O) groups is 1. The van der Waals surface area contributed by atoms with Crippen LogP contribution in [0.5, 0.6) is 0 Å². The summed E-state index contributed by atoms with van der Waals surface area (Å²) in [6, 6.07) is 7.27. The zero-order chi connectivity index (χ0) is 15.2. The summed E-state index contributed by atoms with van der Waals surface area (Å²) in [5.41, 5.74) is 5.33. The minimum atomic E-state index is -0.224. The van der Waals surface area contributed by atoms with E-state index in [0.717, 1.165) is 29.1 Å². The second-order valence-corrected chi connectivity index (χ2v) is 5.81. The van der Waals surface area contributed by atoms with Gasteiger partial charge in [-0.05, 0) is 23.7 Å². The van der Waals surface area contributed by atoms with Crippen molar-refractivity contribution in [2.24, 2.45) is 0 Å². The second-order valence-electron chi connectivity index (χ2n) is 4.48. The first-order valence-electron chi connectivity index (χ1n) is 6.61. The number of amides is 2. The fraction of sp³-hybridized carbons (Fsp3) is 0.143. The highest BCUT2D eigenvalue weighted by atomic mass is 32.1. The van der Waals surface area contributed by atoms with Crippen LogP contribution in [0.4, 0.5) is 10.5 Å². The molecule has 0 atom stereocenters. The van der Waals surface area contributed by atoms with Gasteiger partial charge >= 0.3 is 6.03 Å². The molecule has 2 N–H and O–H groups in total. The molecule has 2 aromatic heterocycles. The average Bonchev–Trinajstić information content (AvgIpc) is 3.21. The predicted octanol–water partition coefficient (Wildman–Crippen LogP) is 3.03. The van der Waals surface area contributed by atoms with Crippen LogP contribution in [0.15, 0.2) is 40.5 Å². The maximum atomic E-state index is 11.8. The molecule has 8 heteroatoms. The first-order chi connectivity index (χ1) is 10.8. The van der Waals surface area contributed by atoms with E-state index in [0.29, 0.717) is 6.54 Å². The molecule has 3 rings (SSSR count). The number of nitrogens with one attached hydrogen (secondary N) is 2. The molecule has 2 heterocycles. The Morgan fingerprint density at radius 3 is 2.73 bits per heavy atom. The van der Waals surface area contributed by atoms with E-state index in [-0.39, 0.29) is 6.03 Å². The number of carbonyl (C=O) groups excluding carboxylic acids is 1. The van der Waals surface area contributed by atoms with Gasteiger partial charge in [0.2, 0.25) is 0 Å². The van der Waals surface area contributed by atoms with Crippen LogP contribution in [-0.4, -0.2) is 27.1 Å². The number of thiazole rings is 1. The first kappa shape index (κ1) is 14.6. The number of anilines is 1. The standard InChI is InChI=1S/C14H13N5OS2/c20-14(15-6-5-12-7-21-9-16-12)17-11-3-1-10(2-4-11)13-8-22-19-18-13/h1-4,7-9H,5-6H2,(H2,15,17,20). The Labute approximate surface area is 135 Å². The highest BCUT2D eigenvalue weighted by Gasteiger charge is 2.04. The zero-order valence-corrected chi connectivity index (χ0v) is 13.2. The monoisotopic (exact) mass is 331 g/mol. The third kappa shape index (κ3) is 3.86. The summed E-state index contributed by atoms with van der Waals surface area (Å²) in [6.45, 7) is 0.554. The van der Waals surface area contributed by atoms with Crippen molar-refractivity contribution in [2.45, 2.75) is 6.42 Å². The van der Waals surface area contributed by atoms with Crippen LogP contribution in [0.3, 0.4) is 0 Å². The number of nitrogens with zero attached hydrogens (tertiary/aromatic N) is 3. The van der Waals surface area contributed by atoms with Crippen molar-refractivity contribution in [3.8, 4) is 11.3 Å². The minimum Gasteiger partial charge on any atom is -0.337 e. The molecule has 0 aliphatic rings. The van der Waals surface area contributed by atoms with E-state index in [1.807, 2.05) is 35.0 Å². The summed E-state index contributed by atoms with van der Waals surface area (Å²) in [4.78, 5) is 16.0. The van der Waals surface area contributed by atoms with Crippen molar-refractivity contribution in [1.29, 1.82) is 0 Å². The molecule has 2 amide bonds. The molecule has 0 radical (unpaired) electrons. The van der Waals surface area contributed by atoms with Gasteiger partial charge in [0.1, 0.15) is 5.69 Å². The summed E-state index contributed by atoms with van der Waals surface area (Å²) in [5, 5.41) is 13.5. The molecule has 3 aromatic rings. The molecule has 0 fully saturated rings. The van der Waals surface area contributed by atoms with Gasteiger partial charge in [0, 0.05) is 35.0 Å². The van der Waals surface area contributed by atoms with Crippen molar-refractivity contribution < 1.29 is 4.79 Å². The lowest BCUT2D eigenvalue weighted by Crippen LogP contribution is -2.30. The summed E-state index contributed by atoms with van der Waals surface area (Å²) < 4.78 is 3.83. The van der Waals surface area contributed by atoms with Gasteiger partial charge in [0.15, 0.2) is 0 Å². The van der Waals surface area contributed by atoms with Crippen LogP contribution in [0, 0.1) is 0 Å². The molecule has 0 aliphatic carbocycles. The lowest BCUT2D eigenvalue weighted by molar-refractivity contribution is 0.252. The molecular weight excluding hydrogens is 318 g/mol. The summed E-state index contributed by atoms with van der Waals surface area (Å²) in [5.74, 6) is 0. The molecule has 6 nitrogen and oxygen atoms in total. The summed E-state index contributed by atoms with van der Waals surface area (Å²) >= 11 is 2.86. The van der Waals surface area contributed by atoms with Gasteiger partial charge in [0.05, 0.1) is 11.2 Å². The SMILES string of the molecule is O=C(NCCc1cscn1)Nc1ccc(-c2csnn2)cc1. The van der Waals surface area contributed by atoms with Crippen molar-refractivity contribution in [3.63, 3.8) is 0 Å². The Morgan fingerprint density at radius 2 is 2.05 bits per heavy atom. The molecule has 112 valence electrons. The quantitative estimate of drug-likeness (QED) is 0.753. The van der Waals surface area contributed by atoms with E-state index in [2.05, 4.69) is 25.2 Å². The van der Waals surface area contributed by atoms with E-state index >= 15 is 0 Å². The molecule has 0 bridgehead atoms. The molecule has 0 unspecified atom stereocenters. The Morgan fingerprint density at radius 1 is 1.18 bits per heavy atom. The fourth-order valence-electron chi connectivity index (χ4n) is 1.86. The average molecular weight is 331 g/mol. The Kier molecular flexibility index (Phi) is 4.71. The number of rotatable bonds is 5.